The molecule has 2 aliphatic rings. The van der Waals surface area contributed by atoms with Crippen molar-refractivity contribution in [2.24, 2.45) is 0 Å². The van der Waals surface area contributed by atoms with E-state index >= 15 is 0 Å². The Labute approximate surface area is 143 Å². The Kier molecular flexibility index (Phi) is 5.58. The number of benzene rings is 1. The number of hydrogen-bond donors (Lipinski definition) is 0. The summed E-state index contributed by atoms with van der Waals surface area (Å²) in [6.45, 7) is 6.43. The zero-order valence-corrected chi connectivity index (χ0v) is 14.4. The largest absolute Gasteiger partial charge is 0.493 e. The Hall–Kier alpha value is -1.79. The van der Waals surface area contributed by atoms with Crippen LogP contribution in [0, 0.1) is 0 Å². The fourth-order valence-corrected chi connectivity index (χ4v) is 3.28. The topological polar surface area (TPSA) is 51.2 Å². The molecule has 0 unspecified atom stereocenters. The molecule has 1 atom stereocenters. The van der Waals surface area contributed by atoms with Gasteiger partial charge >= 0.3 is 0 Å². The summed E-state index contributed by atoms with van der Waals surface area (Å²) in [7, 11) is 1.63. The molecular formula is C18H26N2O4. The van der Waals surface area contributed by atoms with Gasteiger partial charge in [-0.2, -0.15) is 0 Å². The molecular weight excluding hydrogens is 308 g/mol. The molecule has 2 saturated heterocycles. The second kappa shape index (κ2) is 7.85. The number of ether oxygens (including phenoxy) is 3. The van der Waals surface area contributed by atoms with Gasteiger partial charge in [-0.3, -0.25) is 9.69 Å². The molecule has 132 valence electrons. The van der Waals surface area contributed by atoms with Gasteiger partial charge in [0.05, 0.1) is 39.5 Å². The van der Waals surface area contributed by atoms with Crippen molar-refractivity contribution in [1.82, 2.24) is 9.80 Å². The molecule has 1 aromatic carbocycles. The van der Waals surface area contributed by atoms with E-state index in [1.165, 1.54) is 0 Å². The summed E-state index contributed by atoms with van der Waals surface area (Å²) in [5.41, 5.74) is 0. The predicted molar refractivity (Wildman–Crippen MR) is 90.5 cm³/mol. The average molecular weight is 334 g/mol. The number of hydrogen-bond acceptors (Lipinski definition) is 5. The van der Waals surface area contributed by atoms with Gasteiger partial charge in [0.1, 0.15) is 6.10 Å². The van der Waals surface area contributed by atoms with Gasteiger partial charge < -0.3 is 19.1 Å². The van der Waals surface area contributed by atoms with Crippen LogP contribution in [0.4, 0.5) is 0 Å². The van der Waals surface area contributed by atoms with Crippen molar-refractivity contribution >= 4 is 5.91 Å². The highest BCUT2D eigenvalue weighted by Gasteiger charge is 2.37. The highest BCUT2D eigenvalue weighted by atomic mass is 16.5. The van der Waals surface area contributed by atoms with Crippen molar-refractivity contribution in [3.05, 3.63) is 24.3 Å². The summed E-state index contributed by atoms with van der Waals surface area (Å²) in [5.74, 6) is 1.67. The van der Waals surface area contributed by atoms with Gasteiger partial charge in [0, 0.05) is 13.1 Å². The maximum atomic E-state index is 12.7. The van der Waals surface area contributed by atoms with E-state index in [0.29, 0.717) is 26.3 Å². The lowest BCUT2D eigenvalue weighted by Crippen LogP contribution is -2.61. The van der Waals surface area contributed by atoms with Crippen LogP contribution in [-0.2, 0) is 9.53 Å². The summed E-state index contributed by atoms with van der Waals surface area (Å²) in [6, 6.07) is 7.57. The van der Waals surface area contributed by atoms with Crippen LogP contribution in [0.5, 0.6) is 11.5 Å². The first-order chi connectivity index (χ1) is 11.7. The Balaban J connectivity index is 1.52. The number of morpholine rings is 1. The summed E-state index contributed by atoms with van der Waals surface area (Å²) >= 11 is 0. The fraction of sp³-hybridized carbons (Fsp3) is 0.611. The summed E-state index contributed by atoms with van der Waals surface area (Å²) < 4.78 is 16.6. The third-order valence-corrected chi connectivity index (χ3v) is 4.68. The molecule has 2 aliphatic heterocycles. The maximum Gasteiger partial charge on any atom is 0.240 e. The molecule has 1 amide bonds. The fourth-order valence-electron chi connectivity index (χ4n) is 3.28. The van der Waals surface area contributed by atoms with Gasteiger partial charge in [-0.15, -0.1) is 0 Å². The Bertz CT molecular complexity index is 554. The van der Waals surface area contributed by atoms with Crippen LogP contribution < -0.4 is 9.47 Å². The minimum Gasteiger partial charge on any atom is -0.493 e. The van der Waals surface area contributed by atoms with Gasteiger partial charge in [-0.05, 0) is 18.6 Å². The van der Waals surface area contributed by atoms with Crippen LogP contribution in [0.25, 0.3) is 0 Å². The van der Waals surface area contributed by atoms with Crippen LogP contribution in [-0.4, -0.2) is 74.4 Å². The molecule has 6 nitrogen and oxygen atoms in total. The minimum absolute atomic E-state index is 0.0347. The quantitative estimate of drug-likeness (QED) is 0.787. The molecule has 0 N–H and O–H groups in total. The molecule has 0 saturated carbocycles. The molecule has 0 spiro atoms. The van der Waals surface area contributed by atoms with Crippen molar-refractivity contribution in [3.8, 4) is 11.5 Å². The van der Waals surface area contributed by atoms with Crippen molar-refractivity contribution in [2.75, 3.05) is 46.5 Å². The van der Waals surface area contributed by atoms with Gasteiger partial charge in [-0.1, -0.05) is 19.1 Å². The highest BCUT2D eigenvalue weighted by Crippen LogP contribution is 2.29. The van der Waals surface area contributed by atoms with Gasteiger partial charge in [0.15, 0.2) is 11.5 Å². The number of nitrogens with zero attached hydrogens (tertiary/aromatic N) is 2. The average Bonchev–Trinajstić information content (AvgIpc) is 2.59. The van der Waals surface area contributed by atoms with Gasteiger partial charge in [-0.25, -0.2) is 0 Å². The first kappa shape index (κ1) is 17.0. The van der Waals surface area contributed by atoms with Crippen LogP contribution in [0.2, 0.25) is 0 Å². The summed E-state index contributed by atoms with van der Waals surface area (Å²) in [6.07, 6.45) is 0.861. The highest BCUT2D eigenvalue weighted by molar-refractivity contribution is 5.82. The smallest absolute Gasteiger partial charge is 0.240 e. The van der Waals surface area contributed by atoms with Crippen LogP contribution in [0.3, 0.4) is 0 Å². The first-order valence-electron chi connectivity index (χ1n) is 8.63. The first-order valence-corrected chi connectivity index (χ1v) is 8.63. The Morgan fingerprint density at radius 2 is 1.92 bits per heavy atom. The van der Waals surface area contributed by atoms with E-state index < -0.39 is 0 Å². The molecule has 2 heterocycles. The standard InChI is InChI=1S/C18H26N2O4/c1-3-15(19-8-10-23-11-9-19)18(21)20-12-14(13-20)24-17-7-5-4-6-16(17)22-2/h4-7,14-15H,3,8-13H2,1-2H3/t15-/m0/s1. The minimum atomic E-state index is -0.0406. The molecule has 1 aromatic rings. The monoisotopic (exact) mass is 334 g/mol. The lowest BCUT2D eigenvalue weighted by molar-refractivity contribution is -0.147. The third-order valence-electron chi connectivity index (χ3n) is 4.68. The zero-order valence-electron chi connectivity index (χ0n) is 14.4. The van der Waals surface area contributed by atoms with E-state index in [4.69, 9.17) is 14.2 Å². The molecule has 0 aromatic heterocycles. The molecule has 3 rings (SSSR count). The number of para-hydroxylation sites is 2. The van der Waals surface area contributed by atoms with E-state index in [1.807, 2.05) is 29.2 Å². The second-order valence-corrected chi connectivity index (χ2v) is 6.21. The third kappa shape index (κ3) is 3.65. The lowest BCUT2D eigenvalue weighted by Gasteiger charge is -2.43. The Morgan fingerprint density at radius 3 is 2.54 bits per heavy atom. The van der Waals surface area contributed by atoms with Crippen LogP contribution >= 0.6 is 0 Å². The predicted octanol–water partition coefficient (Wildman–Crippen LogP) is 1.40. The SMILES string of the molecule is CC[C@@H](C(=O)N1CC(Oc2ccccc2OC)C1)N1CCOCC1. The van der Waals surface area contributed by atoms with Crippen LogP contribution in [0.15, 0.2) is 24.3 Å². The second-order valence-electron chi connectivity index (χ2n) is 6.21. The molecule has 0 bridgehead atoms. The van der Waals surface area contributed by atoms with Gasteiger partial charge in [0.25, 0.3) is 0 Å². The lowest BCUT2D eigenvalue weighted by atomic mass is 10.1. The van der Waals surface area contributed by atoms with E-state index in [9.17, 15) is 4.79 Å². The van der Waals surface area contributed by atoms with E-state index in [0.717, 1.165) is 31.0 Å². The number of methoxy groups -OCH3 is 1. The summed E-state index contributed by atoms with van der Waals surface area (Å²) in [5, 5.41) is 0. The number of likely N-dealkylation sites (tertiary alicyclic amines) is 1. The van der Waals surface area contributed by atoms with Crippen molar-refractivity contribution < 1.29 is 19.0 Å². The van der Waals surface area contributed by atoms with E-state index in [-0.39, 0.29) is 18.1 Å². The van der Waals surface area contributed by atoms with Crippen molar-refractivity contribution in [2.45, 2.75) is 25.5 Å². The van der Waals surface area contributed by atoms with E-state index in [1.54, 1.807) is 7.11 Å². The van der Waals surface area contributed by atoms with Crippen molar-refractivity contribution in [1.29, 1.82) is 0 Å². The van der Waals surface area contributed by atoms with Crippen LogP contribution in [0.1, 0.15) is 13.3 Å². The molecule has 6 heteroatoms. The number of amides is 1. The molecule has 24 heavy (non-hydrogen) atoms. The number of carbonyl (C=O) groups excluding carboxylic acids is 1. The zero-order chi connectivity index (χ0) is 16.9. The maximum absolute atomic E-state index is 12.7. The molecule has 0 aliphatic carbocycles. The molecule has 0 radical (unpaired) electrons. The van der Waals surface area contributed by atoms with Crippen molar-refractivity contribution in [3.63, 3.8) is 0 Å². The number of rotatable bonds is 6. The Morgan fingerprint density at radius 1 is 1.25 bits per heavy atom. The molecule has 2 fully saturated rings. The van der Waals surface area contributed by atoms with E-state index in [2.05, 4.69) is 11.8 Å². The summed E-state index contributed by atoms with van der Waals surface area (Å²) in [4.78, 5) is 16.9. The number of carbonyl (C=O) groups is 1. The normalized spacial score (nSPS) is 20.3. The van der Waals surface area contributed by atoms with Gasteiger partial charge in [0.2, 0.25) is 5.91 Å².